The van der Waals surface area contributed by atoms with Crippen LogP contribution >= 0.6 is 0 Å². The molecule has 0 aliphatic heterocycles. The number of aromatic nitrogens is 1. The van der Waals surface area contributed by atoms with Gasteiger partial charge in [0, 0.05) is 0 Å². The Morgan fingerprint density at radius 1 is 1.19 bits per heavy atom. The molecule has 0 radical (unpaired) electrons. The van der Waals surface area contributed by atoms with Gasteiger partial charge in [-0.3, -0.25) is 0 Å². The highest BCUT2D eigenvalue weighted by Gasteiger charge is 2.22. The Bertz CT molecular complexity index is 639. The fourth-order valence-corrected chi connectivity index (χ4v) is 1.86. The van der Waals surface area contributed by atoms with Crippen LogP contribution in [0.4, 0.5) is 26.0 Å². The van der Waals surface area contributed by atoms with Gasteiger partial charge in [-0.1, -0.05) is 6.07 Å². The van der Waals surface area contributed by atoms with Crippen molar-refractivity contribution in [1.82, 2.24) is 4.98 Å². The first-order chi connectivity index (χ1) is 10.1. The van der Waals surface area contributed by atoms with Crippen LogP contribution in [0.2, 0.25) is 0 Å². The molecule has 0 bridgehead atoms. The van der Waals surface area contributed by atoms with E-state index >= 15 is 0 Å². The summed E-state index contributed by atoms with van der Waals surface area (Å²) < 4.78 is 32.7. The number of nitrogens with two attached hydrogens (primary N) is 1. The molecule has 0 amide bonds. The number of nitrogen functional groups attached to an aromatic ring is 1. The van der Waals surface area contributed by atoms with E-state index in [1.165, 1.54) is 18.2 Å². The number of ether oxygens (including phenoxy) is 1. The third-order valence-corrected chi connectivity index (χ3v) is 3.26. The predicted octanol–water partition coefficient (Wildman–Crippen LogP) is 3.47. The van der Waals surface area contributed by atoms with Crippen molar-refractivity contribution in [3.05, 3.63) is 42.0 Å². The normalized spacial score (nSPS) is 14.0. The Morgan fingerprint density at radius 2 is 1.90 bits per heavy atom. The average molecular weight is 291 g/mol. The lowest BCUT2D eigenvalue weighted by Gasteiger charge is -2.11. The summed E-state index contributed by atoms with van der Waals surface area (Å²) in [6.07, 6.45) is 2.30. The zero-order chi connectivity index (χ0) is 14.8. The standard InChI is InChI=1S/C15H15F2N3O/c16-10-2-1-3-11(17)14(10)19-13-7-6-12(18)15(20-13)21-8-9-4-5-9/h1-3,6-7,9H,4-5,8,18H2,(H,19,20). The molecular weight excluding hydrogens is 276 g/mol. The number of hydrogen-bond acceptors (Lipinski definition) is 4. The van der Waals surface area contributed by atoms with Gasteiger partial charge in [0.25, 0.3) is 0 Å². The minimum absolute atomic E-state index is 0.247. The summed E-state index contributed by atoms with van der Waals surface area (Å²) in [5.41, 5.74) is 5.94. The van der Waals surface area contributed by atoms with E-state index in [4.69, 9.17) is 10.5 Å². The van der Waals surface area contributed by atoms with Gasteiger partial charge in [0.2, 0.25) is 5.88 Å². The number of nitrogens with one attached hydrogen (secondary N) is 1. The first-order valence-electron chi connectivity index (χ1n) is 6.74. The van der Waals surface area contributed by atoms with E-state index in [0.29, 0.717) is 18.2 Å². The second-order valence-corrected chi connectivity index (χ2v) is 5.07. The second-order valence-electron chi connectivity index (χ2n) is 5.07. The molecule has 0 atom stereocenters. The molecule has 3 N–H and O–H groups in total. The SMILES string of the molecule is Nc1ccc(Nc2c(F)cccc2F)nc1OCC1CC1. The van der Waals surface area contributed by atoms with Crippen LogP contribution < -0.4 is 15.8 Å². The van der Waals surface area contributed by atoms with Crippen molar-refractivity contribution >= 4 is 17.2 Å². The summed E-state index contributed by atoms with van der Waals surface area (Å²) in [4.78, 5) is 4.16. The highest BCUT2D eigenvalue weighted by Crippen LogP contribution is 2.31. The Labute approximate surface area is 120 Å². The van der Waals surface area contributed by atoms with Gasteiger partial charge in [0.15, 0.2) is 0 Å². The highest BCUT2D eigenvalue weighted by molar-refractivity contribution is 5.61. The van der Waals surface area contributed by atoms with Gasteiger partial charge in [-0.2, -0.15) is 4.98 Å². The molecule has 1 heterocycles. The molecule has 1 fully saturated rings. The molecule has 0 spiro atoms. The van der Waals surface area contributed by atoms with Crippen LogP contribution in [0.1, 0.15) is 12.8 Å². The molecular formula is C15H15F2N3O. The molecule has 0 unspecified atom stereocenters. The first-order valence-corrected chi connectivity index (χ1v) is 6.74. The number of hydrogen-bond donors (Lipinski definition) is 2. The summed E-state index contributed by atoms with van der Waals surface area (Å²) in [5, 5.41) is 2.61. The fraction of sp³-hybridized carbons (Fsp3) is 0.267. The van der Waals surface area contributed by atoms with E-state index in [0.717, 1.165) is 12.8 Å². The number of benzene rings is 1. The Morgan fingerprint density at radius 3 is 2.57 bits per heavy atom. The third-order valence-electron chi connectivity index (χ3n) is 3.26. The Balaban J connectivity index is 1.80. The van der Waals surface area contributed by atoms with Gasteiger partial charge in [-0.15, -0.1) is 0 Å². The summed E-state index contributed by atoms with van der Waals surface area (Å²) in [6, 6.07) is 6.79. The van der Waals surface area contributed by atoms with Crippen molar-refractivity contribution in [2.75, 3.05) is 17.7 Å². The maximum Gasteiger partial charge on any atom is 0.239 e. The average Bonchev–Trinajstić information content (AvgIpc) is 3.27. The molecule has 110 valence electrons. The number of pyridine rings is 1. The predicted molar refractivity (Wildman–Crippen MR) is 76.5 cm³/mol. The van der Waals surface area contributed by atoms with Gasteiger partial charge in [0.05, 0.1) is 12.3 Å². The largest absolute Gasteiger partial charge is 0.476 e. The topological polar surface area (TPSA) is 60.2 Å². The summed E-state index contributed by atoms with van der Waals surface area (Å²) >= 11 is 0. The van der Waals surface area contributed by atoms with Gasteiger partial charge >= 0.3 is 0 Å². The Kier molecular flexibility index (Phi) is 3.60. The monoisotopic (exact) mass is 291 g/mol. The molecule has 1 aromatic heterocycles. The van der Waals surface area contributed by atoms with Crippen LogP contribution in [0.3, 0.4) is 0 Å². The van der Waals surface area contributed by atoms with Crippen molar-refractivity contribution < 1.29 is 13.5 Å². The minimum Gasteiger partial charge on any atom is -0.476 e. The zero-order valence-electron chi connectivity index (χ0n) is 11.3. The zero-order valence-corrected chi connectivity index (χ0v) is 11.3. The molecule has 0 saturated heterocycles. The van der Waals surface area contributed by atoms with Crippen molar-refractivity contribution in [1.29, 1.82) is 0 Å². The van der Waals surface area contributed by atoms with Crippen LogP contribution in [-0.4, -0.2) is 11.6 Å². The number of rotatable bonds is 5. The smallest absolute Gasteiger partial charge is 0.239 e. The summed E-state index contributed by atoms with van der Waals surface area (Å²) in [7, 11) is 0. The van der Waals surface area contributed by atoms with E-state index in [1.54, 1.807) is 12.1 Å². The molecule has 6 heteroatoms. The fourth-order valence-electron chi connectivity index (χ4n) is 1.86. The molecule has 21 heavy (non-hydrogen) atoms. The van der Waals surface area contributed by atoms with E-state index < -0.39 is 11.6 Å². The molecule has 1 saturated carbocycles. The third kappa shape index (κ3) is 3.21. The molecule has 2 aromatic rings. The molecule has 3 rings (SSSR count). The van der Waals surface area contributed by atoms with Crippen molar-refractivity contribution in [2.45, 2.75) is 12.8 Å². The molecule has 1 aliphatic carbocycles. The lowest BCUT2D eigenvalue weighted by Crippen LogP contribution is -2.06. The van der Waals surface area contributed by atoms with E-state index in [2.05, 4.69) is 10.3 Å². The maximum atomic E-state index is 13.6. The van der Waals surface area contributed by atoms with E-state index in [1.807, 2.05) is 0 Å². The summed E-state index contributed by atoms with van der Waals surface area (Å²) in [5.74, 6) is -0.252. The van der Waals surface area contributed by atoms with Crippen LogP contribution in [-0.2, 0) is 0 Å². The quantitative estimate of drug-likeness (QED) is 0.885. The van der Waals surface area contributed by atoms with Crippen LogP contribution in [0.25, 0.3) is 0 Å². The molecule has 1 aromatic carbocycles. The van der Waals surface area contributed by atoms with Crippen molar-refractivity contribution in [2.24, 2.45) is 5.92 Å². The van der Waals surface area contributed by atoms with E-state index in [9.17, 15) is 8.78 Å². The minimum atomic E-state index is -0.686. The van der Waals surface area contributed by atoms with E-state index in [-0.39, 0.29) is 17.4 Å². The highest BCUT2D eigenvalue weighted by atomic mass is 19.1. The van der Waals surface area contributed by atoms with Crippen molar-refractivity contribution in [3.63, 3.8) is 0 Å². The number of para-hydroxylation sites is 1. The number of halogens is 2. The number of anilines is 3. The van der Waals surface area contributed by atoms with Gasteiger partial charge in [0.1, 0.15) is 23.1 Å². The second kappa shape index (κ2) is 5.55. The van der Waals surface area contributed by atoms with Crippen LogP contribution in [0.5, 0.6) is 5.88 Å². The number of nitrogens with zero attached hydrogens (tertiary/aromatic N) is 1. The lowest BCUT2D eigenvalue weighted by molar-refractivity contribution is 0.290. The maximum absolute atomic E-state index is 13.6. The van der Waals surface area contributed by atoms with Crippen LogP contribution in [0.15, 0.2) is 30.3 Å². The first kappa shape index (κ1) is 13.6. The molecule has 1 aliphatic rings. The molecule has 4 nitrogen and oxygen atoms in total. The van der Waals surface area contributed by atoms with Crippen LogP contribution in [0, 0.1) is 17.6 Å². The lowest BCUT2D eigenvalue weighted by atomic mass is 10.3. The van der Waals surface area contributed by atoms with Crippen molar-refractivity contribution in [3.8, 4) is 5.88 Å². The summed E-state index contributed by atoms with van der Waals surface area (Å²) in [6.45, 7) is 0.564. The van der Waals surface area contributed by atoms with Gasteiger partial charge in [-0.25, -0.2) is 8.78 Å². The van der Waals surface area contributed by atoms with Gasteiger partial charge < -0.3 is 15.8 Å². The Hall–Kier alpha value is -2.37. The van der Waals surface area contributed by atoms with Gasteiger partial charge in [-0.05, 0) is 43.0 Å².